The lowest BCUT2D eigenvalue weighted by Gasteiger charge is -2.24. The number of amides is 8. The van der Waals surface area contributed by atoms with Crippen LogP contribution in [-0.2, 0) is 43.2 Å². The fourth-order valence-corrected chi connectivity index (χ4v) is 4.89. The molecule has 0 fully saturated rings. The minimum atomic E-state index is -1.64. The number of aliphatic hydroxyl groups excluding tert-OH is 1. The summed E-state index contributed by atoms with van der Waals surface area (Å²) in [5, 5.41) is 35.4. The van der Waals surface area contributed by atoms with Crippen LogP contribution in [-0.4, -0.2) is 138 Å². The number of primary amides is 1. The lowest BCUT2D eigenvalue weighted by molar-refractivity contribution is -0.145. The number of hydrogen-bond donors (Lipinski definition) is 14. The Kier molecular flexibility index (Phi) is 24.3. The molecule has 19 N–H and O–H groups in total. The summed E-state index contributed by atoms with van der Waals surface area (Å²) >= 11 is 0. The van der Waals surface area contributed by atoms with E-state index < -0.39 is 116 Å². The largest absolute Gasteiger partial charge is 0.480 e. The number of rotatable bonds is 28. The van der Waals surface area contributed by atoms with Crippen LogP contribution in [0.25, 0.3) is 0 Å². The minimum absolute atomic E-state index is 0.0184. The van der Waals surface area contributed by atoms with Crippen molar-refractivity contribution >= 4 is 59.2 Å². The molecule has 0 bridgehead atoms. The topological polar surface area (TPSA) is 421 Å². The molecule has 0 aliphatic heterocycles. The molecule has 0 unspecified atom stereocenters. The summed E-state index contributed by atoms with van der Waals surface area (Å²) in [6.07, 6.45) is -0.829. The zero-order valence-corrected chi connectivity index (χ0v) is 31.9. The molecule has 6 atom stereocenters. The Labute approximate surface area is 324 Å². The molecule has 0 aliphatic carbocycles. The van der Waals surface area contributed by atoms with Crippen LogP contribution in [0.5, 0.6) is 0 Å². The van der Waals surface area contributed by atoms with E-state index in [0.29, 0.717) is 19.4 Å². The van der Waals surface area contributed by atoms with E-state index in [2.05, 4.69) is 42.2 Å². The lowest BCUT2D eigenvalue weighted by atomic mass is 10.0. The maximum atomic E-state index is 13.1. The molecule has 24 nitrogen and oxygen atoms in total. The Hall–Kier alpha value is -5.62. The highest BCUT2D eigenvalue weighted by molar-refractivity contribution is 5.97. The first-order valence-corrected chi connectivity index (χ1v) is 17.9. The second-order valence-electron chi connectivity index (χ2n) is 13.2. The fraction of sp³-hybridized carbons (Fsp3) is 0.688. The third kappa shape index (κ3) is 21.9. The predicted molar refractivity (Wildman–Crippen MR) is 200 cm³/mol. The Morgan fingerprint density at radius 3 is 1.59 bits per heavy atom. The average molecular weight is 802 g/mol. The van der Waals surface area contributed by atoms with Gasteiger partial charge < -0.3 is 76.1 Å². The van der Waals surface area contributed by atoms with Gasteiger partial charge in [0, 0.05) is 6.54 Å². The molecule has 0 rings (SSSR count). The van der Waals surface area contributed by atoms with Crippen molar-refractivity contribution in [1.82, 2.24) is 37.2 Å². The Bertz CT molecular complexity index is 1390. The van der Waals surface area contributed by atoms with E-state index in [0.717, 1.165) is 0 Å². The highest BCUT2D eigenvalue weighted by Crippen LogP contribution is 2.07. The van der Waals surface area contributed by atoms with Crippen molar-refractivity contribution in [3.05, 3.63) is 0 Å². The van der Waals surface area contributed by atoms with Gasteiger partial charge in [-0.15, -0.1) is 0 Å². The molecule has 0 aromatic rings. The summed E-state index contributed by atoms with van der Waals surface area (Å²) in [6, 6.07) is -6.85. The third-order valence-electron chi connectivity index (χ3n) is 7.67. The zero-order chi connectivity index (χ0) is 43.0. The molecule has 0 aromatic carbocycles. The summed E-state index contributed by atoms with van der Waals surface area (Å²) in [5.41, 5.74) is 26.7. The summed E-state index contributed by atoms with van der Waals surface area (Å²) in [5.74, 6) is -8.70. The molecule has 0 aromatic heterocycles. The lowest BCUT2D eigenvalue weighted by Crippen LogP contribution is -2.57. The molecular formula is C32H59N13O11. The molecule has 24 heteroatoms. The monoisotopic (exact) mass is 801 g/mol. The second-order valence-corrected chi connectivity index (χ2v) is 13.2. The Morgan fingerprint density at radius 1 is 0.625 bits per heavy atom. The number of nitrogens with one attached hydrogen (secondary N) is 7. The van der Waals surface area contributed by atoms with Crippen LogP contribution in [0, 0.1) is 5.92 Å². The average Bonchev–Trinajstić information content (AvgIpc) is 3.10. The van der Waals surface area contributed by atoms with Gasteiger partial charge in [0.25, 0.3) is 0 Å². The number of nitrogens with zero attached hydrogens (tertiary/aromatic N) is 1. The summed E-state index contributed by atoms with van der Waals surface area (Å²) < 4.78 is 0. The van der Waals surface area contributed by atoms with Crippen molar-refractivity contribution in [1.29, 1.82) is 0 Å². The van der Waals surface area contributed by atoms with Gasteiger partial charge in [0.2, 0.25) is 47.3 Å². The molecule has 8 amide bonds. The highest BCUT2D eigenvalue weighted by Gasteiger charge is 2.31. The molecule has 0 saturated carbocycles. The van der Waals surface area contributed by atoms with Crippen molar-refractivity contribution in [2.45, 2.75) is 102 Å². The van der Waals surface area contributed by atoms with E-state index in [9.17, 15) is 53.4 Å². The van der Waals surface area contributed by atoms with E-state index in [-0.39, 0.29) is 44.1 Å². The summed E-state index contributed by atoms with van der Waals surface area (Å²) in [6.45, 7) is 3.28. The molecule has 0 aliphatic rings. The van der Waals surface area contributed by atoms with Crippen molar-refractivity contribution < 1.29 is 53.4 Å². The van der Waals surface area contributed by atoms with Gasteiger partial charge >= 0.3 is 5.97 Å². The van der Waals surface area contributed by atoms with Gasteiger partial charge in [0.15, 0.2) is 12.0 Å². The van der Waals surface area contributed by atoms with E-state index in [1.807, 2.05) is 0 Å². The van der Waals surface area contributed by atoms with Crippen molar-refractivity contribution in [3.63, 3.8) is 0 Å². The summed E-state index contributed by atoms with van der Waals surface area (Å²) in [7, 11) is 0. The van der Waals surface area contributed by atoms with Crippen LogP contribution in [0.3, 0.4) is 0 Å². The number of carbonyl (C=O) groups excluding carboxylic acids is 8. The number of carboxylic acid groups (broad SMARTS) is 1. The predicted octanol–water partition coefficient (Wildman–Crippen LogP) is -6.83. The van der Waals surface area contributed by atoms with Crippen LogP contribution in [0.1, 0.15) is 65.7 Å². The Balaban J connectivity index is 5.58. The zero-order valence-electron chi connectivity index (χ0n) is 31.9. The van der Waals surface area contributed by atoms with Gasteiger partial charge in [-0.25, -0.2) is 4.79 Å². The second kappa shape index (κ2) is 27.0. The van der Waals surface area contributed by atoms with Gasteiger partial charge in [-0.1, -0.05) is 13.8 Å². The van der Waals surface area contributed by atoms with Gasteiger partial charge in [0.1, 0.15) is 24.2 Å². The van der Waals surface area contributed by atoms with E-state index in [1.54, 1.807) is 13.8 Å². The first-order valence-electron chi connectivity index (χ1n) is 17.9. The fourth-order valence-electron chi connectivity index (χ4n) is 4.89. The SMILES string of the molecule is CC(C)C[C@H](NC(=O)CNC(=O)[C@H](CC(N)=O)NC(=O)[C@H](CCCN=C(N)N)NC(=O)CN)C(=O)NCC(=O)N[C@@H](CCCCN)C(=O)N[C@H](C(=O)O)[C@@H](C)O. The number of unbranched alkanes of at least 4 members (excludes halogenated alkanes) is 1. The van der Waals surface area contributed by atoms with Crippen molar-refractivity contribution in [3.8, 4) is 0 Å². The number of nitrogens with two attached hydrogens (primary N) is 5. The van der Waals surface area contributed by atoms with Crippen LogP contribution in [0.2, 0.25) is 0 Å². The molecule has 318 valence electrons. The summed E-state index contributed by atoms with van der Waals surface area (Å²) in [4.78, 5) is 116. The number of hydrogen-bond acceptors (Lipinski definition) is 13. The number of guanidine groups is 1. The van der Waals surface area contributed by atoms with Crippen LogP contribution < -0.4 is 65.9 Å². The van der Waals surface area contributed by atoms with Crippen LogP contribution in [0.15, 0.2) is 4.99 Å². The minimum Gasteiger partial charge on any atom is -0.480 e. The smallest absolute Gasteiger partial charge is 0.328 e. The maximum Gasteiger partial charge on any atom is 0.328 e. The molecule has 0 heterocycles. The van der Waals surface area contributed by atoms with E-state index in [1.165, 1.54) is 6.92 Å². The van der Waals surface area contributed by atoms with Crippen LogP contribution in [0.4, 0.5) is 0 Å². The maximum absolute atomic E-state index is 13.1. The highest BCUT2D eigenvalue weighted by atomic mass is 16.4. The van der Waals surface area contributed by atoms with Gasteiger partial charge in [-0.2, -0.15) is 0 Å². The standard InChI is InChI=1S/C32H59N13O11/c1-16(2)11-20(27(51)39-14-24(49)42-18(7-4-5-9-33)30(54)45-26(17(3)46)31(55)56)43-25(50)15-40-28(52)21(12-22(35)47)44-29(53)19(41-23(48)13-34)8-6-10-38-32(36)37/h16-21,26,46H,4-15,33-34H2,1-3H3,(H2,35,47)(H,39,51)(H,40,52)(H,41,48)(H,42,49)(H,43,50)(H,44,53)(H,45,54)(H,55,56)(H4,36,37,38)/t17-,18+,19+,20+,21+,26+/m1/s1. The normalized spacial score (nSPS) is 14.0. The van der Waals surface area contributed by atoms with Crippen molar-refractivity contribution in [2.24, 2.45) is 39.6 Å². The number of aliphatic imine (C=N–C) groups is 1. The van der Waals surface area contributed by atoms with E-state index in [4.69, 9.17) is 28.7 Å². The number of aliphatic carboxylic acids is 1. The first kappa shape index (κ1) is 50.4. The van der Waals surface area contributed by atoms with E-state index >= 15 is 0 Å². The Morgan fingerprint density at radius 2 is 1.12 bits per heavy atom. The van der Waals surface area contributed by atoms with Gasteiger partial charge in [0.05, 0.1) is 32.2 Å². The molecular weight excluding hydrogens is 742 g/mol. The first-order chi connectivity index (χ1) is 26.2. The molecule has 0 spiro atoms. The van der Waals surface area contributed by atoms with Gasteiger partial charge in [-0.3, -0.25) is 43.3 Å². The molecule has 56 heavy (non-hydrogen) atoms. The molecule has 0 saturated heterocycles. The number of carbonyl (C=O) groups is 9. The van der Waals surface area contributed by atoms with Crippen molar-refractivity contribution in [2.75, 3.05) is 32.7 Å². The number of carboxylic acids is 1. The molecule has 0 radical (unpaired) electrons. The quantitative estimate of drug-likeness (QED) is 0.0199. The third-order valence-corrected chi connectivity index (χ3v) is 7.67. The van der Waals surface area contributed by atoms with Crippen LogP contribution >= 0.6 is 0 Å². The van der Waals surface area contributed by atoms with Gasteiger partial charge in [-0.05, 0) is 57.9 Å². The number of aliphatic hydroxyl groups is 1.